The van der Waals surface area contributed by atoms with E-state index < -0.39 is 5.54 Å². The van der Waals surface area contributed by atoms with Gasteiger partial charge in [-0.2, -0.15) is 5.10 Å². The smallest absolute Gasteiger partial charge is 0.319 e. The van der Waals surface area contributed by atoms with Gasteiger partial charge < -0.3 is 15.7 Å². The zero-order chi connectivity index (χ0) is 16.3. The molecule has 118 valence electrons. The van der Waals surface area contributed by atoms with Crippen LogP contribution in [0.25, 0.3) is 5.82 Å². The van der Waals surface area contributed by atoms with Gasteiger partial charge in [-0.25, -0.2) is 14.5 Å². The molecule has 0 bridgehead atoms. The minimum atomic E-state index is -0.679. The van der Waals surface area contributed by atoms with Crippen molar-refractivity contribution in [1.29, 1.82) is 0 Å². The minimum Gasteiger partial charge on any atom is -0.394 e. The highest BCUT2D eigenvalue weighted by molar-refractivity contribution is 5.89. The molecular formula is C15H21N5O2. The molecule has 0 unspecified atom stereocenters. The Kier molecular flexibility index (Phi) is 4.46. The van der Waals surface area contributed by atoms with Gasteiger partial charge in [-0.05, 0) is 45.9 Å². The number of carbonyl (C=O) groups is 1. The Hall–Kier alpha value is -2.41. The first-order valence-corrected chi connectivity index (χ1v) is 7.00. The first-order chi connectivity index (χ1) is 10.3. The molecule has 0 spiro atoms. The topological polar surface area (TPSA) is 92.1 Å². The summed E-state index contributed by atoms with van der Waals surface area (Å²) in [5, 5.41) is 18.8. The van der Waals surface area contributed by atoms with Crippen LogP contribution in [-0.4, -0.2) is 38.0 Å². The Morgan fingerprint density at radius 2 is 2.09 bits per heavy atom. The highest BCUT2D eigenvalue weighted by atomic mass is 16.3. The zero-order valence-electron chi connectivity index (χ0n) is 13.2. The molecule has 2 rings (SSSR count). The van der Waals surface area contributed by atoms with E-state index in [-0.39, 0.29) is 12.6 Å². The number of aryl methyl sites for hydroxylation is 2. The van der Waals surface area contributed by atoms with Gasteiger partial charge in [0.2, 0.25) is 0 Å². The number of urea groups is 1. The van der Waals surface area contributed by atoms with Gasteiger partial charge in [0.15, 0.2) is 5.82 Å². The van der Waals surface area contributed by atoms with Crippen LogP contribution in [0, 0.1) is 13.8 Å². The van der Waals surface area contributed by atoms with Gasteiger partial charge in [0.25, 0.3) is 0 Å². The van der Waals surface area contributed by atoms with Crippen molar-refractivity contribution in [2.45, 2.75) is 33.2 Å². The molecule has 0 aliphatic heterocycles. The average molecular weight is 303 g/mol. The molecule has 0 atom stereocenters. The molecule has 0 radical (unpaired) electrons. The van der Waals surface area contributed by atoms with Crippen LogP contribution in [0.3, 0.4) is 0 Å². The van der Waals surface area contributed by atoms with Gasteiger partial charge in [-0.1, -0.05) is 0 Å². The molecule has 2 aromatic heterocycles. The summed E-state index contributed by atoms with van der Waals surface area (Å²) >= 11 is 0. The fourth-order valence-corrected chi connectivity index (χ4v) is 1.96. The molecule has 22 heavy (non-hydrogen) atoms. The van der Waals surface area contributed by atoms with Gasteiger partial charge >= 0.3 is 6.03 Å². The Morgan fingerprint density at radius 3 is 2.59 bits per heavy atom. The summed E-state index contributed by atoms with van der Waals surface area (Å²) in [7, 11) is 0. The Morgan fingerprint density at radius 1 is 1.36 bits per heavy atom. The summed E-state index contributed by atoms with van der Waals surface area (Å²) < 4.78 is 1.74. The number of hydrogen-bond acceptors (Lipinski definition) is 4. The van der Waals surface area contributed by atoms with Crippen LogP contribution >= 0.6 is 0 Å². The predicted octanol–water partition coefficient (Wildman–Crippen LogP) is 1.78. The van der Waals surface area contributed by atoms with Gasteiger partial charge in [0, 0.05) is 5.69 Å². The van der Waals surface area contributed by atoms with E-state index in [0.29, 0.717) is 11.5 Å². The number of carbonyl (C=O) groups excluding carboxylic acids is 1. The number of aliphatic hydroxyl groups excluding tert-OH is 1. The van der Waals surface area contributed by atoms with Gasteiger partial charge in [-0.15, -0.1) is 0 Å². The fraction of sp³-hybridized carbons (Fsp3) is 0.400. The summed E-state index contributed by atoms with van der Waals surface area (Å²) in [6.07, 6.45) is 1.57. The maximum atomic E-state index is 11.8. The second-order valence-corrected chi connectivity index (χ2v) is 5.87. The predicted molar refractivity (Wildman–Crippen MR) is 84.2 cm³/mol. The van der Waals surface area contributed by atoms with Crippen molar-refractivity contribution in [2.75, 3.05) is 11.9 Å². The number of aromatic nitrogens is 3. The van der Waals surface area contributed by atoms with Crippen molar-refractivity contribution in [2.24, 2.45) is 0 Å². The van der Waals surface area contributed by atoms with Crippen molar-refractivity contribution < 1.29 is 9.90 Å². The summed E-state index contributed by atoms with van der Waals surface area (Å²) in [6, 6.07) is 5.12. The number of pyridine rings is 1. The fourth-order valence-electron chi connectivity index (χ4n) is 1.96. The molecule has 3 N–H and O–H groups in total. The lowest BCUT2D eigenvalue weighted by Gasteiger charge is -2.23. The first-order valence-electron chi connectivity index (χ1n) is 7.00. The SMILES string of the molecule is Cc1cc(C)n(-c2ccc(NC(=O)NC(C)(C)CO)cn2)n1. The van der Waals surface area contributed by atoms with E-state index in [2.05, 4.69) is 20.7 Å². The molecule has 2 heterocycles. The summed E-state index contributed by atoms with van der Waals surface area (Å²) in [6.45, 7) is 7.20. The van der Waals surface area contributed by atoms with Crippen molar-refractivity contribution >= 4 is 11.7 Å². The van der Waals surface area contributed by atoms with E-state index in [1.165, 1.54) is 0 Å². The maximum absolute atomic E-state index is 11.8. The molecule has 2 aromatic rings. The zero-order valence-corrected chi connectivity index (χ0v) is 13.2. The molecular weight excluding hydrogens is 282 g/mol. The van der Waals surface area contributed by atoms with Crippen LogP contribution in [0.1, 0.15) is 25.2 Å². The van der Waals surface area contributed by atoms with Crippen LogP contribution in [0.4, 0.5) is 10.5 Å². The number of aliphatic hydroxyl groups is 1. The number of amides is 2. The van der Waals surface area contributed by atoms with Gasteiger partial charge in [0.05, 0.1) is 29.7 Å². The molecule has 0 saturated carbocycles. The summed E-state index contributed by atoms with van der Waals surface area (Å²) in [5.74, 6) is 0.687. The van der Waals surface area contributed by atoms with Crippen LogP contribution in [-0.2, 0) is 0 Å². The molecule has 0 fully saturated rings. The number of anilines is 1. The lowest BCUT2D eigenvalue weighted by Crippen LogP contribution is -2.48. The molecule has 0 aliphatic carbocycles. The lowest BCUT2D eigenvalue weighted by atomic mass is 10.1. The maximum Gasteiger partial charge on any atom is 0.319 e. The summed E-state index contributed by atoms with van der Waals surface area (Å²) in [5.41, 5.74) is 1.80. The van der Waals surface area contributed by atoms with Crippen LogP contribution in [0.15, 0.2) is 24.4 Å². The average Bonchev–Trinajstić information content (AvgIpc) is 2.78. The van der Waals surface area contributed by atoms with Crippen molar-refractivity contribution in [3.63, 3.8) is 0 Å². The van der Waals surface area contributed by atoms with Gasteiger partial charge in [-0.3, -0.25) is 0 Å². The molecule has 0 saturated heterocycles. The number of rotatable bonds is 4. The molecule has 7 heteroatoms. The van der Waals surface area contributed by atoms with Crippen LogP contribution in [0.2, 0.25) is 0 Å². The molecule has 0 aromatic carbocycles. The standard InChI is InChI=1S/C15H21N5O2/c1-10-7-11(2)20(19-10)13-6-5-12(8-16-13)17-14(22)18-15(3,4)9-21/h5-8,21H,9H2,1-4H3,(H2,17,18,22). The van der Waals surface area contributed by atoms with Crippen molar-refractivity contribution in [3.05, 3.63) is 35.8 Å². The van der Waals surface area contributed by atoms with Gasteiger partial charge in [0.1, 0.15) is 0 Å². The monoisotopic (exact) mass is 303 g/mol. The van der Waals surface area contributed by atoms with Crippen LogP contribution < -0.4 is 10.6 Å². The largest absolute Gasteiger partial charge is 0.394 e. The lowest BCUT2D eigenvalue weighted by molar-refractivity contribution is 0.187. The normalized spacial score (nSPS) is 11.3. The van der Waals surface area contributed by atoms with E-state index in [1.807, 2.05) is 19.9 Å². The number of hydrogen-bond donors (Lipinski definition) is 3. The van der Waals surface area contributed by atoms with E-state index >= 15 is 0 Å². The van der Waals surface area contributed by atoms with E-state index in [0.717, 1.165) is 11.4 Å². The third-order valence-corrected chi connectivity index (χ3v) is 3.08. The minimum absolute atomic E-state index is 0.143. The quantitative estimate of drug-likeness (QED) is 0.802. The number of nitrogens with zero attached hydrogens (tertiary/aromatic N) is 3. The second-order valence-electron chi connectivity index (χ2n) is 5.87. The highest BCUT2D eigenvalue weighted by Gasteiger charge is 2.19. The Bertz CT molecular complexity index is 661. The third-order valence-electron chi connectivity index (χ3n) is 3.08. The van der Waals surface area contributed by atoms with Crippen LogP contribution in [0.5, 0.6) is 0 Å². The molecule has 0 aliphatic rings. The third kappa shape index (κ3) is 3.82. The summed E-state index contributed by atoms with van der Waals surface area (Å²) in [4.78, 5) is 16.1. The second kappa shape index (κ2) is 6.15. The first kappa shape index (κ1) is 16.0. The van der Waals surface area contributed by atoms with Crippen molar-refractivity contribution in [3.8, 4) is 5.82 Å². The van der Waals surface area contributed by atoms with E-state index in [4.69, 9.17) is 5.11 Å². The molecule has 7 nitrogen and oxygen atoms in total. The molecule has 2 amide bonds. The van der Waals surface area contributed by atoms with E-state index in [9.17, 15) is 4.79 Å². The number of nitrogens with one attached hydrogen (secondary N) is 2. The van der Waals surface area contributed by atoms with E-state index in [1.54, 1.807) is 36.9 Å². The Balaban J connectivity index is 2.06. The Labute approximate surface area is 129 Å². The highest BCUT2D eigenvalue weighted by Crippen LogP contribution is 2.12. The van der Waals surface area contributed by atoms with Crippen molar-refractivity contribution in [1.82, 2.24) is 20.1 Å².